The van der Waals surface area contributed by atoms with Gasteiger partial charge in [0.1, 0.15) is 0 Å². The van der Waals surface area contributed by atoms with Crippen LogP contribution in [0.4, 0.5) is 0 Å². The van der Waals surface area contributed by atoms with Crippen molar-refractivity contribution in [2.75, 3.05) is 18.8 Å². The predicted molar refractivity (Wildman–Crippen MR) is 84.6 cm³/mol. The zero-order valence-corrected chi connectivity index (χ0v) is 13.4. The lowest BCUT2D eigenvalue weighted by Crippen LogP contribution is -2.42. The minimum atomic E-state index is 0.276. The number of carbonyl (C=O) groups is 1. The molecular weight excluding hydrogens is 288 g/mol. The second kappa shape index (κ2) is 5.04. The molecule has 0 radical (unpaired) electrons. The summed E-state index contributed by atoms with van der Waals surface area (Å²) in [5.74, 6) is 3.23. The second-order valence-corrected chi connectivity index (χ2v) is 8.39. The highest BCUT2D eigenvalue weighted by molar-refractivity contribution is 7.98. The number of rotatable bonds is 1. The number of nitrogens with one attached hydrogen (secondary N) is 1. The summed E-state index contributed by atoms with van der Waals surface area (Å²) < 4.78 is 0. The highest BCUT2D eigenvalue weighted by Gasteiger charge is 2.44. The molecule has 0 aromatic carbocycles. The normalized spacial score (nSPS) is 32.2. The average molecular weight is 308 g/mol. The Labute approximate surface area is 128 Å². The first-order chi connectivity index (χ1) is 9.74. The molecule has 108 valence electrons. The number of thiophene rings is 1. The number of hydrogen-bond acceptors (Lipinski definition) is 4. The molecular formula is C15H20N2OS2. The maximum absolute atomic E-state index is 12.9. The first-order valence-electron chi connectivity index (χ1n) is 7.46. The summed E-state index contributed by atoms with van der Waals surface area (Å²) in [7, 11) is 0. The molecule has 0 saturated carbocycles. The molecule has 1 aromatic heterocycles. The van der Waals surface area contributed by atoms with E-state index in [-0.39, 0.29) is 5.91 Å². The van der Waals surface area contributed by atoms with E-state index in [0.29, 0.717) is 18.0 Å². The summed E-state index contributed by atoms with van der Waals surface area (Å²) in [6.07, 6.45) is 2.30. The monoisotopic (exact) mass is 308 g/mol. The van der Waals surface area contributed by atoms with Crippen LogP contribution in [0, 0.1) is 5.92 Å². The summed E-state index contributed by atoms with van der Waals surface area (Å²) in [6.45, 7) is 4.26. The minimum Gasteiger partial charge on any atom is -0.331 e. The highest BCUT2D eigenvalue weighted by Crippen LogP contribution is 2.37. The van der Waals surface area contributed by atoms with Crippen molar-refractivity contribution >= 4 is 29.0 Å². The number of aryl methyl sites for hydroxylation is 1. The van der Waals surface area contributed by atoms with Gasteiger partial charge in [0.2, 0.25) is 0 Å². The van der Waals surface area contributed by atoms with Crippen LogP contribution in [0.2, 0.25) is 0 Å². The number of hydrogen-bond donors (Lipinski definition) is 1. The van der Waals surface area contributed by atoms with Crippen LogP contribution in [-0.2, 0) is 12.2 Å². The SMILES string of the molecule is CC1CC2CNCC2N1C(=O)c1cc2c(s1)CCSC2. The van der Waals surface area contributed by atoms with E-state index in [2.05, 4.69) is 23.2 Å². The van der Waals surface area contributed by atoms with Crippen molar-refractivity contribution in [2.24, 2.45) is 5.92 Å². The fraction of sp³-hybridized carbons (Fsp3) is 0.667. The van der Waals surface area contributed by atoms with Gasteiger partial charge in [-0.1, -0.05) is 0 Å². The van der Waals surface area contributed by atoms with E-state index >= 15 is 0 Å². The van der Waals surface area contributed by atoms with Gasteiger partial charge in [0.05, 0.1) is 4.88 Å². The van der Waals surface area contributed by atoms with Crippen molar-refractivity contribution in [2.45, 2.75) is 37.6 Å². The van der Waals surface area contributed by atoms with E-state index < -0.39 is 0 Å². The molecule has 1 N–H and O–H groups in total. The Balaban J connectivity index is 1.61. The van der Waals surface area contributed by atoms with Crippen molar-refractivity contribution in [1.29, 1.82) is 0 Å². The van der Waals surface area contributed by atoms with Gasteiger partial charge in [0, 0.05) is 35.8 Å². The van der Waals surface area contributed by atoms with Gasteiger partial charge in [-0.05, 0) is 43.1 Å². The third kappa shape index (κ3) is 2.02. The van der Waals surface area contributed by atoms with Crippen molar-refractivity contribution < 1.29 is 4.79 Å². The van der Waals surface area contributed by atoms with Gasteiger partial charge in [0.15, 0.2) is 0 Å². The summed E-state index contributed by atoms with van der Waals surface area (Å²) in [5.41, 5.74) is 1.41. The van der Waals surface area contributed by atoms with Crippen LogP contribution in [0.25, 0.3) is 0 Å². The highest BCUT2D eigenvalue weighted by atomic mass is 32.2. The summed E-state index contributed by atoms with van der Waals surface area (Å²) in [4.78, 5) is 17.5. The summed E-state index contributed by atoms with van der Waals surface area (Å²) in [6, 6.07) is 2.98. The second-order valence-electron chi connectivity index (χ2n) is 6.14. The third-order valence-electron chi connectivity index (χ3n) is 4.85. The molecule has 0 aliphatic carbocycles. The topological polar surface area (TPSA) is 32.3 Å². The number of likely N-dealkylation sites (tertiary alicyclic amines) is 1. The molecule has 3 aliphatic heterocycles. The molecule has 2 saturated heterocycles. The Morgan fingerprint density at radius 1 is 1.45 bits per heavy atom. The largest absolute Gasteiger partial charge is 0.331 e. The van der Waals surface area contributed by atoms with Crippen LogP contribution in [0.5, 0.6) is 0 Å². The molecule has 0 bridgehead atoms. The first-order valence-corrected chi connectivity index (χ1v) is 9.44. The lowest BCUT2D eigenvalue weighted by atomic mass is 10.0. The Bertz CT molecular complexity index is 518. The molecule has 3 aliphatic rings. The zero-order chi connectivity index (χ0) is 13.7. The van der Waals surface area contributed by atoms with Crippen LogP contribution in [0.3, 0.4) is 0 Å². The zero-order valence-electron chi connectivity index (χ0n) is 11.7. The maximum atomic E-state index is 12.9. The number of fused-ring (bicyclic) bond motifs is 2. The van der Waals surface area contributed by atoms with Crippen molar-refractivity contribution in [1.82, 2.24) is 10.2 Å². The van der Waals surface area contributed by atoms with Crippen LogP contribution in [-0.4, -0.2) is 41.7 Å². The van der Waals surface area contributed by atoms with E-state index in [4.69, 9.17) is 0 Å². The molecule has 1 amide bonds. The smallest absolute Gasteiger partial charge is 0.264 e. The molecule has 1 aromatic rings. The molecule has 0 spiro atoms. The third-order valence-corrected chi connectivity index (χ3v) is 7.09. The fourth-order valence-corrected chi connectivity index (χ4v) is 6.21. The van der Waals surface area contributed by atoms with Gasteiger partial charge in [-0.25, -0.2) is 0 Å². The standard InChI is InChI=1S/C15H20N2OS2/c1-9-4-10-6-16-7-12(10)17(9)15(18)14-5-11-8-19-3-2-13(11)20-14/h5,9-10,12,16H,2-4,6-8H2,1H3. The summed E-state index contributed by atoms with van der Waals surface area (Å²) >= 11 is 3.72. The Kier molecular flexibility index (Phi) is 3.32. The van der Waals surface area contributed by atoms with E-state index in [1.54, 1.807) is 11.3 Å². The van der Waals surface area contributed by atoms with Gasteiger partial charge in [-0.2, -0.15) is 11.8 Å². The van der Waals surface area contributed by atoms with Crippen LogP contribution >= 0.6 is 23.1 Å². The van der Waals surface area contributed by atoms with Crippen molar-refractivity contribution in [3.05, 3.63) is 21.4 Å². The van der Waals surface area contributed by atoms with E-state index in [9.17, 15) is 4.79 Å². The molecule has 20 heavy (non-hydrogen) atoms. The number of amides is 1. The average Bonchev–Trinajstić information content (AvgIpc) is 3.10. The van der Waals surface area contributed by atoms with E-state index in [1.165, 1.54) is 16.2 Å². The molecule has 3 atom stereocenters. The minimum absolute atomic E-state index is 0.276. The fourth-order valence-electron chi connectivity index (χ4n) is 3.89. The molecule has 3 nitrogen and oxygen atoms in total. The lowest BCUT2D eigenvalue weighted by Gasteiger charge is -2.27. The summed E-state index contributed by atoms with van der Waals surface area (Å²) in [5, 5.41) is 3.44. The molecule has 4 heterocycles. The molecule has 2 fully saturated rings. The van der Waals surface area contributed by atoms with Gasteiger partial charge in [0.25, 0.3) is 5.91 Å². The van der Waals surface area contributed by atoms with Crippen molar-refractivity contribution in [3.8, 4) is 0 Å². The van der Waals surface area contributed by atoms with E-state index in [0.717, 1.165) is 36.6 Å². The number of thioether (sulfide) groups is 1. The lowest BCUT2D eigenvalue weighted by molar-refractivity contribution is 0.0687. The Morgan fingerprint density at radius 2 is 2.35 bits per heavy atom. The van der Waals surface area contributed by atoms with Gasteiger partial charge < -0.3 is 10.2 Å². The Hall–Kier alpha value is -0.520. The molecule has 5 heteroatoms. The van der Waals surface area contributed by atoms with Crippen molar-refractivity contribution in [3.63, 3.8) is 0 Å². The quantitative estimate of drug-likeness (QED) is 0.864. The Morgan fingerprint density at radius 3 is 3.20 bits per heavy atom. The van der Waals surface area contributed by atoms with Gasteiger partial charge >= 0.3 is 0 Å². The predicted octanol–water partition coefficient (Wildman–Crippen LogP) is 2.36. The maximum Gasteiger partial charge on any atom is 0.264 e. The van der Waals surface area contributed by atoms with Gasteiger partial charge in [-0.3, -0.25) is 4.79 Å². The van der Waals surface area contributed by atoms with Crippen LogP contribution in [0.15, 0.2) is 6.07 Å². The number of carbonyl (C=O) groups excluding carboxylic acids is 1. The number of nitrogens with zero attached hydrogens (tertiary/aromatic N) is 1. The van der Waals surface area contributed by atoms with Crippen LogP contribution in [0.1, 0.15) is 33.5 Å². The first kappa shape index (κ1) is 13.2. The molecule has 4 rings (SSSR count). The van der Waals surface area contributed by atoms with Crippen LogP contribution < -0.4 is 5.32 Å². The van der Waals surface area contributed by atoms with Gasteiger partial charge in [-0.15, -0.1) is 11.3 Å². The van der Waals surface area contributed by atoms with E-state index in [1.807, 2.05) is 11.8 Å². The molecule has 3 unspecified atom stereocenters.